The van der Waals surface area contributed by atoms with Gasteiger partial charge in [-0.25, -0.2) is 0 Å². The van der Waals surface area contributed by atoms with E-state index in [1.54, 1.807) is 4.90 Å². The lowest BCUT2D eigenvalue weighted by molar-refractivity contribution is -0.894. The van der Waals surface area contributed by atoms with Crippen molar-refractivity contribution in [3.8, 4) is 0 Å². The van der Waals surface area contributed by atoms with Crippen LogP contribution in [0.2, 0.25) is 0 Å². The van der Waals surface area contributed by atoms with E-state index < -0.39 is 0 Å². The van der Waals surface area contributed by atoms with Gasteiger partial charge in [-0.1, -0.05) is 50.3 Å². The summed E-state index contributed by atoms with van der Waals surface area (Å²) in [7, 11) is 0. The Balaban J connectivity index is 0.00000256. The standard InChI is InChI=1S/C15H23N.H2O/c1-3-12-16(13-4-2)14-8-11-15-9-6-5-7-10-15;/h5-11H,3-4,12-14H2,1-2H3;1H2. The number of quaternary nitrogens is 1. The van der Waals surface area contributed by atoms with E-state index in [-0.39, 0.29) is 5.48 Å². The summed E-state index contributed by atoms with van der Waals surface area (Å²) in [4.78, 5) is 1.69. The molecule has 0 unspecified atom stereocenters. The number of rotatable bonds is 7. The molecule has 0 saturated heterocycles. The fourth-order valence-electron chi connectivity index (χ4n) is 1.96. The molecule has 1 aromatic carbocycles. The molecule has 0 heterocycles. The summed E-state index contributed by atoms with van der Waals surface area (Å²) in [5.74, 6) is 0. The van der Waals surface area contributed by atoms with Crippen LogP contribution in [-0.2, 0) is 0 Å². The molecule has 0 amide bonds. The largest absolute Gasteiger partial charge is 0.870 e. The molecule has 0 bridgehead atoms. The first kappa shape index (κ1) is 15.9. The van der Waals surface area contributed by atoms with Gasteiger partial charge >= 0.3 is 0 Å². The molecular weight excluding hydrogens is 210 g/mol. The van der Waals surface area contributed by atoms with Gasteiger partial charge in [0.15, 0.2) is 0 Å². The van der Waals surface area contributed by atoms with Gasteiger partial charge < -0.3 is 10.4 Å². The van der Waals surface area contributed by atoms with Crippen molar-refractivity contribution in [3.05, 3.63) is 42.0 Å². The molecule has 1 aromatic rings. The fourth-order valence-corrected chi connectivity index (χ4v) is 1.96. The third-order valence-corrected chi connectivity index (χ3v) is 2.72. The lowest BCUT2D eigenvalue weighted by atomic mass is 10.2. The summed E-state index contributed by atoms with van der Waals surface area (Å²) in [6, 6.07) is 10.5. The second-order valence-corrected chi connectivity index (χ2v) is 4.27. The van der Waals surface area contributed by atoms with Gasteiger partial charge in [-0.3, -0.25) is 0 Å². The minimum absolute atomic E-state index is 0. The van der Waals surface area contributed by atoms with Gasteiger partial charge in [0.25, 0.3) is 0 Å². The van der Waals surface area contributed by atoms with E-state index in [1.807, 2.05) is 0 Å². The second kappa shape index (κ2) is 10.1. The molecule has 0 saturated carbocycles. The molecule has 0 fully saturated rings. The third-order valence-electron chi connectivity index (χ3n) is 2.72. The molecule has 96 valence electrons. The highest BCUT2D eigenvalue weighted by molar-refractivity contribution is 5.48. The van der Waals surface area contributed by atoms with E-state index in [0.717, 1.165) is 6.54 Å². The molecule has 0 atom stereocenters. The van der Waals surface area contributed by atoms with E-state index in [1.165, 1.54) is 31.5 Å². The van der Waals surface area contributed by atoms with E-state index >= 15 is 0 Å². The monoisotopic (exact) mass is 235 g/mol. The van der Waals surface area contributed by atoms with Crippen LogP contribution in [0.15, 0.2) is 36.4 Å². The molecule has 0 aliphatic rings. The predicted molar refractivity (Wildman–Crippen MR) is 73.6 cm³/mol. The minimum atomic E-state index is 0. The van der Waals surface area contributed by atoms with Crippen molar-refractivity contribution in [2.24, 2.45) is 0 Å². The number of benzene rings is 1. The van der Waals surface area contributed by atoms with Crippen LogP contribution in [0.1, 0.15) is 32.3 Å². The van der Waals surface area contributed by atoms with E-state index in [0.29, 0.717) is 0 Å². The lowest BCUT2D eigenvalue weighted by Crippen LogP contribution is -3.11. The summed E-state index contributed by atoms with van der Waals surface area (Å²) >= 11 is 0. The Labute approximate surface area is 105 Å². The van der Waals surface area contributed by atoms with Crippen molar-refractivity contribution < 1.29 is 10.4 Å². The van der Waals surface area contributed by atoms with Crippen molar-refractivity contribution in [3.63, 3.8) is 0 Å². The number of nitrogens with one attached hydrogen (secondary N) is 1. The Kier molecular flexibility index (Phi) is 9.40. The van der Waals surface area contributed by atoms with Gasteiger partial charge in [0.2, 0.25) is 0 Å². The molecule has 0 aliphatic carbocycles. The summed E-state index contributed by atoms with van der Waals surface area (Å²) in [6.45, 7) is 8.24. The molecule has 2 nitrogen and oxygen atoms in total. The summed E-state index contributed by atoms with van der Waals surface area (Å²) in [5, 5.41) is 0. The second-order valence-electron chi connectivity index (χ2n) is 4.27. The van der Waals surface area contributed by atoms with Crippen molar-refractivity contribution in [2.45, 2.75) is 26.7 Å². The van der Waals surface area contributed by atoms with E-state index in [9.17, 15) is 0 Å². The summed E-state index contributed by atoms with van der Waals surface area (Å²) in [6.07, 6.45) is 7.07. The first-order valence-corrected chi connectivity index (χ1v) is 6.42. The molecule has 2 heteroatoms. The van der Waals surface area contributed by atoms with Gasteiger partial charge in [0, 0.05) is 0 Å². The van der Waals surface area contributed by atoms with Crippen LogP contribution in [0.5, 0.6) is 0 Å². The highest BCUT2D eigenvalue weighted by Crippen LogP contribution is 1.99. The Morgan fingerprint density at radius 2 is 1.59 bits per heavy atom. The number of hydrogen-bond donors (Lipinski definition) is 1. The van der Waals surface area contributed by atoms with Crippen molar-refractivity contribution in [1.82, 2.24) is 0 Å². The van der Waals surface area contributed by atoms with Crippen LogP contribution in [0, 0.1) is 0 Å². The lowest BCUT2D eigenvalue weighted by Gasteiger charge is -2.15. The molecule has 2 N–H and O–H groups in total. The minimum Gasteiger partial charge on any atom is -0.870 e. The maximum atomic E-state index is 2.30. The first-order chi connectivity index (χ1) is 7.86. The van der Waals surface area contributed by atoms with Crippen molar-refractivity contribution in [1.29, 1.82) is 0 Å². The van der Waals surface area contributed by atoms with Crippen LogP contribution < -0.4 is 4.90 Å². The highest BCUT2D eigenvalue weighted by Gasteiger charge is 2.01. The van der Waals surface area contributed by atoms with Gasteiger partial charge in [-0.2, -0.15) is 0 Å². The molecule has 0 aromatic heterocycles. The normalized spacial score (nSPS) is 10.8. The average Bonchev–Trinajstić information content (AvgIpc) is 2.31. The number of hydrogen-bond acceptors (Lipinski definition) is 1. The van der Waals surface area contributed by atoms with Gasteiger partial charge in [0.05, 0.1) is 19.6 Å². The average molecular weight is 235 g/mol. The van der Waals surface area contributed by atoms with Gasteiger partial charge in [0.1, 0.15) is 0 Å². The van der Waals surface area contributed by atoms with Gasteiger partial charge in [-0.15, -0.1) is 0 Å². The Morgan fingerprint density at radius 3 is 2.12 bits per heavy atom. The van der Waals surface area contributed by atoms with Crippen LogP contribution in [0.25, 0.3) is 6.08 Å². The molecule has 17 heavy (non-hydrogen) atoms. The zero-order valence-electron chi connectivity index (χ0n) is 11.0. The van der Waals surface area contributed by atoms with Crippen LogP contribution >= 0.6 is 0 Å². The van der Waals surface area contributed by atoms with Crippen LogP contribution in [-0.4, -0.2) is 25.1 Å². The summed E-state index contributed by atoms with van der Waals surface area (Å²) in [5.41, 5.74) is 1.30. The maximum absolute atomic E-state index is 2.30. The fraction of sp³-hybridized carbons (Fsp3) is 0.467. The molecule has 0 aliphatic heterocycles. The molecule has 0 spiro atoms. The third kappa shape index (κ3) is 6.93. The quantitative estimate of drug-likeness (QED) is 0.772. The molecular formula is C15H25NO. The van der Waals surface area contributed by atoms with E-state index in [2.05, 4.69) is 56.3 Å². The topological polar surface area (TPSA) is 34.4 Å². The summed E-state index contributed by atoms with van der Waals surface area (Å²) < 4.78 is 0. The zero-order chi connectivity index (χ0) is 11.6. The highest BCUT2D eigenvalue weighted by atomic mass is 16.0. The van der Waals surface area contributed by atoms with E-state index in [4.69, 9.17) is 0 Å². The molecule has 1 rings (SSSR count). The van der Waals surface area contributed by atoms with Crippen LogP contribution in [0.4, 0.5) is 0 Å². The van der Waals surface area contributed by atoms with Crippen LogP contribution in [0.3, 0.4) is 0 Å². The smallest absolute Gasteiger partial charge is 0.0961 e. The molecule has 0 radical (unpaired) electrons. The maximum Gasteiger partial charge on any atom is 0.0961 e. The van der Waals surface area contributed by atoms with Crippen molar-refractivity contribution in [2.75, 3.05) is 19.6 Å². The van der Waals surface area contributed by atoms with Gasteiger partial charge in [-0.05, 0) is 24.5 Å². The Bertz CT molecular complexity index is 289. The Hall–Kier alpha value is -1.12. The predicted octanol–water partition coefficient (Wildman–Crippen LogP) is 2.23. The zero-order valence-corrected chi connectivity index (χ0v) is 11.0. The SMILES string of the molecule is CCC[NH+](CC=Cc1ccccc1)CCC.[OH-]. The Morgan fingerprint density at radius 1 is 1.00 bits per heavy atom. The first-order valence-electron chi connectivity index (χ1n) is 6.42. The van der Waals surface area contributed by atoms with Crippen molar-refractivity contribution >= 4 is 6.08 Å².